The van der Waals surface area contributed by atoms with Crippen LogP contribution in [0.4, 0.5) is 0 Å². The highest BCUT2D eigenvalue weighted by Gasteiger charge is 2.19. The van der Waals surface area contributed by atoms with Crippen molar-refractivity contribution in [2.24, 2.45) is 14.1 Å². The van der Waals surface area contributed by atoms with Crippen molar-refractivity contribution in [1.82, 2.24) is 19.1 Å². The summed E-state index contributed by atoms with van der Waals surface area (Å²) in [5.74, 6) is 1.27. The fraction of sp³-hybridized carbons (Fsp3) is 0.158. The van der Waals surface area contributed by atoms with Gasteiger partial charge in [0.2, 0.25) is 0 Å². The summed E-state index contributed by atoms with van der Waals surface area (Å²) < 4.78 is 7.79. The molecule has 0 aliphatic rings. The van der Waals surface area contributed by atoms with E-state index in [1.165, 1.54) is 29.6 Å². The molecule has 0 fully saturated rings. The van der Waals surface area contributed by atoms with Crippen molar-refractivity contribution in [1.29, 1.82) is 0 Å². The predicted molar refractivity (Wildman–Crippen MR) is 109 cm³/mol. The molecule has 3 heterocycles. The lowest BCUT2D eigenvalue weighted by Crippen LogP contribution is -2.37. The first kappa shape index (κ1) is 18.5. The number of halogens is 1. The summed E-state index contributed by atoms with van der Waals surface area (Å²) in [6.45, 7) is 0. The second kappa shape index (κ2) is 7.29. The molecule has 0 N–H and O–H groups in total. The van der Waals surface area contributed by atoms with Crippen LogP contribution in [-0.4, -0.2) is 19.1 Å². The third-order valence-electron chi connectivity index (χ3n) is 4.33. The summed E-state index contributed by atoms with van der Waals surface area (Å²) in [5, 5.41) is 1.39. The second-order valence-electron chi connectivity index (χ2n) is 6.11. The molecule has 0 saturated heterocycles. The minimum absolute atomic E-state index is 0.260. The number of hydrogen-bond donors (Lipinski definition) is 0. The van der Waals surface area contributed by atoms with Crippen LogP contribution in [0.1, 0.15) is 5.56 Å². The van der Waals surface area contributed by atoms with E-state index in [0.29, 0.717) is 27.4 Å². The molecule has 1 aromatic carbocycles. The molecule has 0 unspecified atom stereocenters. The van der Waals surface area contributed by atoms with Crippen molar-refractivity contribution >= 4 is 34.4 Å². The summed E-state index contributed by atoms with van der Waals surface area (Å²) in [6, 6.07) is 10.9. The number of hydrogen-bond acceptors (Lipinski definition) is 6. The van der Waals surface area contributed by atoms with Gasteiger partial charge in [0.1, 0.15) is 10.4 Å². The fourth-order valence-corrected chi connectivity index (χ4v) is 4.11. The van der Waals surface area contributed by atoms with Gasteiger partial charge in [0.05, 0.1) is 6.26 Å². The van der Waals surface area contributed by atoms with Crippen molar-refractivity contribution in [2.75, 3.05) is 0 Å². The zero-order valence-electron chi connectivity index (χ0n) is 15.0. The Bertz CT molecular complexity index is 1300. The molecule has 0 amide bonds. The smallest absolute Gasteiger partial charge is 0.332 e. The maximum atomic E-state index is 12.8. The zero-order chi connectivity index (χ0) is 19.8. The minimum atomic E-state index is -0.455. The van der Waals surface area contributed by atoms with Crippen LogP contribution in [0.3, 0.4) is 0 Å². The molecule has 4 aromatic rings. The van der Waals surface area contributed by atoms with E-state index in [0.717, 1.165) is 10.1 Å². The lowest BCUT2D eigenvalue weighted by molar-refractivity contribution is 0.576. The Morgan fingerprint density at radius 1 is 1.07 bits per heavy atom. The van der Waals surface area contributed by atoms with Gasteiger partial charge in [-0.05, 0) is 23.8 Å². The highest BCUT2D eigenvalue weighted by molar-refractivity contribution is 7.98. The number of nitrogens with zero attached hydrogens (tertiary/aromatic N) is 4. The third kappa shape index (κ3) is 3.14. The van der Waals surface area contributed by atoms with E-state index in [1.54, 1.807) is 19.2 Å². The first-order chi connectivity index (χ1) is 13.5. The number of fused-ring (bicyclic) bond motifs is 1. The first-order valence-corrected chi connectivity index (χ1v) is 9.71. The fourth-order valence-electron chi connectivity index (χ4n) is 2.81. The van der Waals surface area contributed by atoms with E-state index in [-0.39, 0.29) is 11.0 Å². The molecule has 28 heavy (non-hydrogen) atoms. The number of rotatable bonds is 4. The van der Waals surface area contributed by atoms with E-state index in [4.69, 9.17) is 16.0 Å². The highest BCUT2D eigenvalue weighted by atomic mass is 35.5. The Labute approximate surface area is 168 Å². The van der Waals surface area contributed by atoms with Gasteiger partial charge in [-0.3, -0.25) is 13.9 Å². The van der Waals surface area contributed by atoms with E-state index < -0.39 is 11.2 Å². The molecule has 9 heteroatoms. The molecular weight excluding hydrogens is 400 g/mol. The van der Waals surface area contributed by atoms with Gasteiger partial charge < -0.3 is 4.42 Å². The van der Waals surface area contributed by atoms with E-state index >= 15 is 0 Å². The molecule has 0 aliphatic heterocycles. The third-order valence-corrected chi connectivity index (χ3v) is 5.72. The summed E-state index contributed by atoms with van der Waals surface area (Å²) >= 11 is 7.61. The Morgan fingerprint density at radius 3 is 2.57 bits per heavy atom. The lowest BCUT2D eigenvalue weighted by atomic mass is 10.2. The van der Waals surface area contributed by atoms with Crippen molar-refractivity contribution in [3.63, 3.8) is 0 Å². The van der Waals surface area contributed by atoms with Gasteiger partial charge in [0.15, 0.2) is 17.2 Å². The molecule has 4 rings (SSSR count). The molecule has 0 aliphatic carbocycles. The van der Waals surface area contributed by atoms with Crippen molar-refractivity contribution in [3.05, 3.63) is 74.1 Å². The van der Waals surface area contributed by atoms with Gasteiger partial charge in [0.25, 0.3) is 5.56 Å². The SMILES string of the molecule is Cn1c(=O)c2c(SCc3ccccc3Cl)nc(-c3ccco3)nc2n(C)c1=O. The Morgan fingerprint density at radius 2 is 1.86 bits per heavy atom. The summed E-state index contributed by atoms with van der Waals surface area (Å²) in [6.07, 6.45) is 1.52. The highest BCUT2D eigenvalue weighted by Crippen LogP contribution is 2.30. The van der Waals surface area contributed by atoms with Gasteiger partial charge in [-0.1, -0.05) is 29.8 Å². The zero-order valence-corrected chi connectivity index (χ0v) is 16.6. The molecule has 7 nitrogen and oxygen atoms in total. The van der Waals surface area contributed by atoms with Gasteiger partial charge in [-0.2, -0.15) is 0 Å². The summed E-state index contributed by atoms with van der Waals surface area (Å²) in [4.78, 5) is 34.1. The Kier molecular flexibility index (Phi) is 4.82. The minimum Gasteiger partial charge on any atom is -0.461 e. The van der Waals surface area contributed by atoms with Crippen LogP contribution in [0.25, 0.3) is 22.6 Å². The number of furan rings is 1. The Hall–Kier alpha value is -2.84. The van der Waals surface area contributed by atoms with Gasteiger partial charge >= 0.3 is 5.69 Å². The molecule has 0 atom stereocenters. The molecule has 142 valence electrons. The number of aryl methyl sites for hydroxylation is 1. The predicted octanol–water partition coefficient (Wildman–Crippen LogP) is 3.23. The van der Waals surface area contributed by atoms with Crippen LogP contribution >= 0.6 is 23.4 Å². The largest absolute Gasteiger partial charge is 0.461 e. The van der Waals surface area contributed by atoms with Crippen molar-refractivity contribution < 1.29 is 4.42 Å². The summed E-state index contributed by atoms with van der Waals surface area (Å²) in [5.41, 5.74) is 0.285. The van der Waals surface area contributed by atoms with Crippen LogP contribution < -0.4 is 11.2 Å². The van der Waals surface area contributed by atoms with Crippen molar-refractivity contribution in [2.45, 2.75) is 10.8 Å². The number of aromatic nitrogens is 4. The molecule has 0 bridgehead atoms. The quantitative estimate of drug-likeness (QED) is 0.376. The standard InChI is InChI=1S/C19H15ClN4O3S/c1-23-16-14(18(25)24(2)19(23)26)17(22-15(21-16)13-8-5-9-27-13)28-10-11-6-3-4-7-12(11)20/h3-9H,10H2,1-2H3. The Balaban J connectivity index is 1.93. The van der Waals surface area contributed by atoms with Crippen LogP contribution in [0.2, 0.25) is 5.02 Å². The molecular formula is C19H15ClN4O3S. The molecule has 0 radical (unpaired) electrons. The lowest BCUT2D eigenvalue weighted by Gasteiger charge is -2.11. The molecule has 0 spiro atoms. The second-order valence-corrected chi connectivity index (χ2v) is 7.49. The topological polar surface area (TPSA) is 82.9 Å². The van der Waals surface area contributed by atoms with Gasteiger partial charge in [0, 0.05) is 24.9 Å². The molecule has 3 aromatic heterocycles. The number of benzene rings is 1. The van der Waals surface area contributed by atoms with E-state index in [1.807, 2.05) is 24.3 Å². The molecule has 0 saturated carbocycles. The monoisotopic (exact) mass is 414 g/mol. The maximum Gasteiger partial charge on any atom is 0.332 e. The normalized spacial score (nSPS) is 11.2. The average Bonchev–Trinajstić information content (AvgIpc) is 3.24. The van der Waals surface area contributed by atoms with Gasteiger partial charge in [-0.15, -0.1) is 11.8 Å². The van der Waals surface area contributed by atoms with Crippen LogP contribution in [0.5, 0.6) is 0 Å². The summed E-state index contributed by atoms with van der Waals surface area (Å²) in [7, 11) is 3.01. The average molecular weight is 415 g/mol. The van der Waals surface area contributed by atoms with Crippen LogP contribution in [0, 0.1) is 0 Å². The first-order valence-electron chi connectivity index (χ1n) is 8.35. The van der Waals surface area contributed by atoms with Crippen LogP contribution in [-0.2, 0) is 19.8 Å². The van der Waals surface area contributed by atoms with E-state index in [9.17, 15) is 9.59 Å². The number of thioether (sulfide) groups is 1. The van der Waals surface area contributed by atoms with E-state index in [2.05, 4.69) is 9.97 Å². The maximum absolute atomic E-state index is 12.8. The van der Waals surface area contributed by atoms with Gasteiger partial charge in [-0.25, -0.2) is 14.8 Å². The van der Waals surface area contributed by atoms with Crippen LogP contribution in [0.15, 0.2) is 61.7 Å². The van der Waals surface area contributed by atoms with Crippen molar-refractivity contribution in [3.8, 4) is 11.6 Å².